The van der Waals surface area contributed by atoms with Crippen molar-refractivity contribution in [1.82, 2.24) is 3.97 Å². The highest BCUT2D eigenvalue weighted by atomic mass is 35.5. The molecule has 1 heterocycles. The molecule has 2 aromatic carbocycles. The molecule has 1 aromatic heterocycles. The second-order valence-electron chi connectivity index (χ2n) is 5.05. The number of fused-ring (bicyclic) bond motifs is 1. The van der Waals surface area contributed by atoms with Crippen LogP contribution < -0.4 is 0 Å². The van der Waals surface area contributed by atoms with Crippen molar-refractivity contribution in [3.05, 3.63) is 58.7 Å². The zero-order valence-corrected chi connectivity index (χ0v) is 14.1. The standard InChI is InChI=1S/C16H14ClNOS2/c1-10-3-5-12(6-4-10)21(19)18-9-15(20)13-7-11(2)8-14(17)16(13)18/h3-9,20H,1-2H3. The van der Waals surface area contributed by atoms with Crippen LogP contribution in [0, 0.1) is 13.8 Å². The van der Waals surface area contributed by atoms with Gasteiger partial charge in [0.25, 0.3) is 0 Å². The summed E-state index contributed by atoms with van der Waals surface area (Å²) in [5.41, 5.74) is 2.95. The van der Waals surface area contributed by atoms with Crippen molar-refractivity contribution in [2.24, 2.45) is 0 Å². The van der Waals surface area contributed by atoms with Gasteiger partial charge in [0, 0.05) is 16.5 Å². The van der Waals surface area contributed by atoms with Gasteiger partial charge in [-0.05, 0) is 43.7 Å². The minimum absolute atomic E-state index is 0.589. The lowest BCUT2D eigenvalue weighted by Gasteiger charge is -2.07. The molecule has 2 nitrogen and oxygen atoms in total. The minimum atomic E-state index is -1.34. The molecule has 0 aliphatic heterocycles. The van der Waals surface area contributed by atoms with Crippen LogP contribution in [0.3, 0.4) is 0 Å². The summed E-state index contributed by atoms with van der Waals surface area (Å²) < 4.78 is 14.5. The summed E-state index contributed by atoms with van der Waals surface area (Å²) in [6.07, 6.45) is 1.77. The molecule has 0 bridgehead atoms. The largest absolute Gasteiger partial charge is 0.260 e. The maximum Gasteiger partial charge on any atom is 0.157 e. The predicted molar refractivity (Wildman–Crippen MR) is 91.9 cm³/mol. The van der Waals surface area contributed by atoms with Gasteiger partial charge in [0.2, 0.25) is 0 Å². The van der Waals surface area contributed by atoms with Crippen molar-refractivity contribution in [2.75, 3.05) is 0 Å². The molecular weight excluding hydrogens is 322 g/mol. The maximum atomic E-state index is 12.8. The minimum Gasteiger partial charge on any atom is -0.260 e. The fourth-order valence-corrected chi connectivity index (χ4v) is 4.24. The summed E-state index contributed by atoms with van der Waals surface area (Å²) >= 11 is 10.8. The molecule has 3 rings (SSSR count). The van der Waals surface area contributed by atoms with Crippen molar-refractivity contribution < 1.29 is 4.21 Å². The second kappa shape index (κ2) is 5.52. The quantitative estimate of drug-likeness (QED) is 0.669. The highest BCUT2D eigenvalue weighted by Crippen LogP contribution is 2.33. The number of thiol groups is 1. The molecule has 0 spiro atoms. The second-order valence-corrected chi connectivity index (χ2v) is 7.30. The molecule has 0 fully saturated rings. The lowest BCUT2D eigenvalue weighted by Crippen LogP contribution is -2.03. The molecular formula is C16H14ClNOS2. The molecule has 1 atom stereocenters. The lowest BCUT2D eigenvalue weighted by atomic mass is 10.2. The zero-order valence-electron chi connectivity index (χ0n) is 11.6. The third-order valence-corrected chi connectivity index (χ3v) is 5.31. The van der Waals surface area contributed by atoms with Crippen molar-refractivity contribution in [3.63, 3.8) is 0 Å². The van der Waals surface area contributed by atoms with Crippen LogP contribution >= 0.6 is 24.2 Å². The number of hydrogen-bond donors (Lipinski definition) is 1. The highest BCUT2D eigenvalue weighted by molar-refractivity contribution is 7.84. The molecule has 3 aromatic rings. The number of benzene rings is 2. The first kappa shape index (κ1) is 14.7. The van der Waals surface area contributed by atoms with Gasteiger partial charge in [0.15, 0.2) is 11.0 Å². The van der Waals surface area contributed by atoms with Gasteiger partial charge in [-0.15, -0.1) is 12.6 Å². The first-order chi connectivity index (χ1) is 9.97. The fraction of sp³-hybridized carbons (Fsp3) is 0.125. The van der Waals surface area contributed by atoms with Crippen LogP contribution in [-0.2, 0) is 11.0 Å². The molecule has 108 valence electrons. The average molecular weight is 336 g/mol. The van der Waals surface area contributed by atoms with Crippen LogP contribution in [0.25, 0.3) is 10.9 Å². The summed E-state index contributed by atoms with van der Waals surface area (Å²) in [4.78, 5) is 1.51. The van der Waals surface area contributed by atoms with Gasteiger partial charge < -0.3 is 0 Å². The Bertz CT molecular complexity index is 853. The Morgan fingerprint density at radius 3 is 2.43 bits per heavy atom. The summed E-state index contributed by atoms with van der Waals surface area (Å²) in [6.45, 7) is 3.98. The van der Waals surface area contributed by atoms with Gasteiger partial charge in [-0.25, -0.2) is 4.21 Å². The van der Waals surface area contributed by atoms with E-state index in [-0.39, 0.29) is 0 Å². The van der Waals surface area contributed by atoms with Crippen molar-refractivity contribution >= 4 is 46.1 Å². The van der Waals surface area contributed by atoms with Gasteiger partial charge in [0.1, 0.15) is 0 Å². The van der Waals surface area contributed by atoms with E-state index in [1.165, 1.54) is 0 Å². The molecule has 0 saturated carbocycles. The first-order valence-corrected chi connectivity index (χ1v) is 8.39. The summed E-state index contributed by atoms with van der Waals surface area (Å²) in [5.74, 6) is 0. The zero-order chi connectivity index (χ0) is 15.1. The Morgan fingerprint density at radius 1 is 1.10 bits per heavy atom. The molecule has 0 amide bonds. The Balaban J connectivity index is 2.21. The van der Waals surface area contributed by atoms with Crippen LogP contribution in [0.15, 0.2) is 52.4 Å². The van der Waals surface area contributed by atoms with E-state index >= 15 is 0 Å². The number of hydrogen-bond acceptors (Lipinski definition) is 2. The molecule has 0 saturated heterocycles. The Kier molecular flexibility index (Phi) is 3.86. The van der Waals surface area contributed by atoms with Gasteiger partial charge in [-0.2, -0.15) is 0 Å². The van der Waals surface area contributed by atoms with Gasteiger partial charge >= 0.3 is 0 Å². The maximum absolute atomic E-state index is 12.8. The SMILES string of the molecule is Cc1ccc(S(=O)n2cc(S)c3cc(C)cc(Cl)c32)cc1. The van der Waals surface area contributed by atoms with Gasteiger partial charge in [0.05, 0.1) is 15.4 Å². The number of aromatic nitrogens is 1. The normalized spacial score (nSPS) is 12.8. The number of nitrogens with zero attached hydrogens (tertiary/aromatic N) is 1. The van der Waals surface area contributed by atoms with Crippen LogP contribution in [0.2, 0.25) is 5.02 Å². The summed E-state index contributed by atoms with van der Waals surface area (Å²) in [7, 11) is -1.34. The van der Waals surface area contributed by atoms with Crippen LogP contribution in [0.4, 0.5) is 0 Å². The monoisotopic (exact) mass is 335 g/mol. The lowest BCUT2D eigenvalue weighted by molar-refractivity contribution is 0.678. The third kappa shape index (κ3) is 2.63. The molecule has 21 heavy (non-hydrogen) atoms. The fourth-order valence-electron chi connectivity index (χ4n) is 2.30. The topological polar surface area (TPSA) is 22.0 Å². The van der Waals surface area contributed by atoms with E-state index in [0.717, 1.165) is 31.8 Å². The van der Waals surface area contributed by atoms with Crippen molar-refractivity contribution in [1.29, 1.82) is 0 Å². The number of rotatable bonds is 2. The average Bonchev–Trinajstić information content (AvgIpc) is 2.76. The number of aryl methyl sites for hydroxylation is 2. The Labute approximate surface area is 136 Å². The van der Waals surface area contributed by atoms with Crippen LogP contribution in [-0.4, -0.2) is 8.18 Å². The van der Waals surface area contributed by atoms with Gasteiger partial charge in [-0.3, -0.25) is 3.97 Å². The molecule has 0 N–H and O–H groups in total. The summed E-state index contributed by atoms with van der Waals surface area (Å²) in [6, 6.07) is 11.5. The first-order valence-electron chi connectivity index (χ1n) is 6.46. The smallest absolute Gasteiger partial charge is 0.157 e. The summed E-state index contributed by atoms with van der Waals surface area (Å²) in [5, 5.41) is 1.51. The van der Waals surface area contributed by atoms with Gasteiger partial charge in [-0.1, -0.05) is 29.3 Å². The molecule has 0 radical (unpaired) electrons. The van der Waals surface area contributed by atoms with E-state index in [0.29, 0.717) is 5.02 Å². The molecule has 0 aliphatic rings. The van der Waals surface area contributed by atoms with E-state index < -0.39 is 11.0 Å². The van der Waals surface area contributed by atoms with Crippen LogP contribution in [0.1, 0.15) is 11.1 Å². The van der Waals surface area contributed by atoms with E-state index in [9.17, 15) is 4.21 Å². The Hall–Kier alpha value is -1.23. The van der Waals surface area contributed by atoms with E-state index in [1.807, 2.05) is 50.2 Å². The van der Waals surface area contributed by atoms with Crippen LogP contribution in [0.5, 0.6) is 0 Å². The predicted octanol–water partition coefficient (Wildman–Crippen LogP) is 4.77. The molecule has 5 heteroatoms. The highest BCUT2D eigenvalue weighted by Gasteiger charge is 2.15. The van der Waals surface area contributed by atoms with E-state index in [4.69, 9.17) is 11.6 Å². The van der Waals surface area contributed by atoms with Crippen molar-refractivity contribution in [3.8, 4) is 0 Å². The third-order valence-electron chi connectivity index (χ3n) is 3.34. The molecule has 0 aliphatic carbocycles. The van der Waals surface area contributed by atoms with E-state index in [2.05, 4.69) is 12.6 Å². The Morgan fingerprint density at radius 2 is 1.76 bits per heavy atom. The number of halogens is 1. The van der Waals surface area contributed by atoms with E-state index in [1.54, 1.807) is 10.2 Å². The van der Waals surface area contributed by atoms with Crippen molar-refractivity contribution in [2.45, 2.75) is 23.6 Å². The molecule has 1 unspecified atom stereocenters.